The number of ether oxygens (including phenoxy) is 1. The summed E-state index contributed by atoms with van der Waals surface area (Å²) in [7, 11) is -2.32. The van der Waals surface area contributed by atoms with Crippen LogP contribution in [-0.4, -0.2) is 50.6 Å². The Kier molecular flexibility index (Phi) is 5.95. The first-order valence-electron chi connectivity index (χ1n) is 8.88. The Balaban J connectivity index is 1.88. The van der Waals surface area contributed by atoms with Crippen molar-refractivity contribution in [1.82, 2.24) is 4.90 Å². The summed E-state index contributed by atoms with van der Waals surface area (Å²) < 4.78 is 72.9. The molecule has 2 N–H and O–H groups in total. The summed E-state index contributed by atoms with van der Waals surface area (Å²) in [5.41, 5.74) is -1.20. The van der Waals surface area contributed by atoms with Crippen LogP contribution >= 0.6 is 0 Å². The molecule has 1 heterocycles. The maximum atomic E-state index is 13.4. The number of likely N-dealkylation sites (N-methyl/N-ethyl adjacent to an activating group) is 1. The van der Waals surface area contributed by atoms with Gasteiger partial charge >= 0.3 is 12.1 Å². The number of hydrogen-bond donors (Lipinski definition) is 2. The van der Waals surface area contributed by atoms with E-state index in [2.05, 4.69) is 4.72 Å². The third-order valence-corrected chi connectivity index (χ3v) is 5.99. The smallest absolute Gasteiger partial charge is 0.419 e. The molecule has 1 saturated heterocycles. The molecular weight excluding hydrogens is 425 g/mol. The number of carboxylic acid groups (broad SMARTS) is 1. The van der Waals surface area contributed by atoms with Gasteiger partial charge in [0.1, 0.15) is 11.9 Å². The lowest BCUT2D eigenvalue weighted by atomic mass is 10.1. The van der Waals surface area contributed by atoms with Crippen LogP contribution in [0.25, 0.3) is 0 Å². The molecule has 0 saturated carbocycles. The molecule has 30 heavy (non-hydrogen) atoms. The average Bonchev–Trinajstić information content (AvgIpc) is 3.05. The van der Waals surface area contributed by atoms with Gasteiger partial charge in [0, 0.05) is 19.2 Å². The van der Waals surface area contributed by atoms with E-state index in [-0.39, 0.29) is 16.1 Å². The van der Waals surface area contributed by atoms with E-state index in [1.807, 2.05) is 11.9 Å². The van der Waals surface area contributed by atoms with Crippen molar-refractivity contribution in [1.29, 1.82) is 0 Å². The number of carbonyl (C=O) groups is 1. The van der Waals surface area contributed by atoms with E-state index in [0.717, 1.165) is 42.5 Å². The van der Waals surface area contributed by atoms with Crippen LogP contribution in [-0.2, 0) is 16.2 Å². The van der Waals surface area contributed by atoms with Crippen LogP contribution in [0.2, 0.25) is 0 Å². The van der Waals surface area contributed by atoms with Crippen molar-refractivity contribution >= 4 is 21.7 Å². The second-order valence-corrected chi connectivity index (χ2v) is 8.62. The molecule has 3 rings (SSSR count). The van der Waals surface area contributed by atoms with Crippen LogP contribution < -0.4 is 9.46 Å². The zero-order valence-corrected chi connectivity index (χ0v) is 16.6. The molecule has 2 aromatic rings. The van der Waals surface area contributed by atoms with Gasteiger partial charge in [-0.2, -0.15) is 13.2 Å². The number of benzene rings is 2. The summed E-state index contributed by atoms with van der Waals surface area (Å²) in [6, 6.07) is 7.20. The van der Waals surface area contributed by atoms with E-state index in [1.165, 1.54) is 0 Å². The number of halogens is 3. The number of carboxylic acids is 1. The molecule has 11 heteroatoms. The van der Waals surface area contributed by atoms with E-state index < -0.39 is 39.6 Å². The summed E-state index contributed by atoms with van der Waals surface area (Å²) in [5, 5.41) is 8.90. The zero-order chi connectivity index (χ0) is 22.1. The van der Waals surface area contributed by atoms with Crippen molar-refractivity contribution in [3.05, 3.63) is 53.6 Å². The van der Waals surface area contributed by atoms with Crippen molar-refractivity contribution in [2.75, 3.05) is 24.9 Å². The molecule has 0 radical (unpaired) electrons. The topological polar surface area (TPSA) is 95.9 Å². The maximum Gasteiger partial charge on any atom is 0.419 e. The largest absolute Gasteiger partial charge is 0.488 e. The van der Waals surface area contributed by atoms with Gasteiger partial charge in [-0.3, -0.25) is 4.72 Å². The summed E-state index contributed by atoms with van der Waals surface area (Å²) in [4.78, 5) is 12.6. The van der Waals surface area contributed by atoms with E-state index in [1.54, 1.807) is 0 Å². The van der Waals surface area contributed by atoms with Crippen LogP contribution in [0.1, 0.15) is 22.3 Å². The first-order chi connectivity index (χ1) is 14.0. The monoisotopic (exact) mass is 444 g/mol. The van der Waals surface area contributed by atoms with Gasteiger partial charge in [0.15, 0.2) is 0 Å². The fraction of sp³-hybridized carbons (Fsp3) is 0.316. The first kappa shape index (κ1) is 21.9. The van der Waals surface area contributed by atoms with Gasteiger partial charge in [-0.1, -0.05) is 0 Å². The number of likely N-dealkylation sites (tertiary alicyclic amines) is 1. The summed E-state index contributed by atoms with van der Waals surface area (Å²) >= 11 is 0. The van der Waals surface area contributed by atoms with Gasteiger partial charge in [0.2, 0.25) is 0 Å². The Bertz CT molecular complexity index is 1040. The van der Waals surface area contributed by atoms with Crippen LogP contribution in [0.4, 0.5) is 18.9 Å². The molecule has 0 bridgehead atoms. The predicted octanol–water partition coefficient (Wildman–Crippen LogP) is 3.29. The number of nitrogens with zero attached hydrogens (tertiary/aromatic N) is 1. The van der Waals surface area contributed by atoms with Crippen LogP contribution in [0.3, 0.4) is 0 Å². The number of nitrogens with one attached hydrogen (secondary N) is 1. The van der Waals surface area contributed by atoms with E-state index >= 15 is 0 Å². The van der Waals surface area contributed by atoms with Gasteiger partial charge in [-0.05, 0) is 49.9 Å². The predicted molar refractivity (Wildman–Crippen MR) is 102 cm³/mol. The molecule has 7 nitrogen and oxygen atoms in total. The van der Waals surface area contributed by atoms with Crippen LogP contribution in [0.5, 0.6) is 5.75 Å². The summed E-state index contributed by atoms with van der Waals surface area (Å²) in [6.45, 7) is 1.15. The molecule has 0 amide bonds. The third kappa shape index (κ3) is 5.03. The number of alkyl halides is 3. The van der Waals surface area contributed by atoms with Crippen molar-refractivity contribution in [3.63, 3.8) is 0 Å². The molecule has 0 aromatic heterocycles. The van der Waals surface area contributed by atoms with Gasteiger partial charge in [-0.25, -0.2) is 13.2 Å². The van der Waals surface area contributed by atoms with Gasteiger partial charge < -0.3 is 14.7 Å². The van der Waals surface area contributed by atoms with Crippen molar-refractivity contribution in [3.8, 4) is 5.75 Å². The molecule has 1 fully saturated rings. The number of hydrogen-bond acceptors (Lipinski definition) is 5. The quantitative estimate of drug-likeness (QED) is 0.710. The molecule has 0 spiro atoms. The first-order valence-corrected chi connectivity index (χ1v) is 10.4. The molecule has 0 unspecified atom stereocenters. The lowest BCUT2D eigenvalue weighted by Gasteiger charge is -2.19. The highest BCUT2D eigenvalue weighted by atomic mass is 32.2. The standard InChI is InChI=1S/C19H19F3N2O5S/c1-24-9-8-14(11-24)29-17-10-13(4-7-16(17)19(20,21)22)23-30(27,28)15-5-2-12(3-6-15)18(25)26/h2-7,10,14,23H,8-9,11H2,1H3,(H,25,26)/t14-/m1/s1. The fourth-order valence-electron chi connectivity index (χ4n) is 3.08. The van der Waals surface area contributed by atoms with Crippen molar-refractivity contribution < 1.29 is 36.2 Å². The highest BCUT2D eigenvalue weighted by Gasteiger charge is 2.36. The minimum absolute atomic E-state index is 0.0966. The third-order valence-electron chi connectivity index (χ3n) is 4.59. The summed E-state index contributed by atoms with van der Waals surface area (Å²) in [5.74, 6) is -1.67. The molecule has 162 valence electrons. The van der Waals surface area contributed by atoms with Crippen LogP contribution in [0.15, 0.2) is 47.4 Å². The van der Waals surface area contributed by atoms with Gasteiger partial charge in [-0.15, -0.1) is 0 Å². The van der Waals surface area contributed by atoms with E-state index in [4.69, 9.17) is 9.84 Å². The minimum Gasteiger partial charge on any atom is -0.488 e. The Hall–Kier alpha value is -2.79. The van der Waals surface area contributed by atoms with Gasteiger partial charge in [0.05, 0.1) is 21.7 Å². The highest BCUT2D eigenvalue weighted by Crippen LogP contribution is 2.39. The number of anilines is 1. The molecule has 1 aliphatic rings. The zero-order valence-electron chi connectivity index (χ0n) is 15.8. The SMILES string of the molecule is CN1CC[C@@H](Oc2cc(NS(=O)(=O)c3ccc(C(=O)O)cc3)ccc2C(F)(F)F)C1. The van der Waals surface area contributed by atoms with Gasteiger partial charge in [0.25, 0.3) is 10.0 Å². The Morgan fingerprint density at radius 1 is 1.20 bits per heavy atom. The Labute approximate surface area is 171 Å². The van der Waals surface area contributed by atoms with E-state index in [9.17, 15) is 26.4 Å². The van der Waals surface area contributed by atoms with Crippen molar-refractivity contribution in [2.45, 2.75) is 23.6 Å². The highest BCUT2D eigenvalue weighted by molar-refractivity contribution is 7.92. The number of rotatable bonds is 6. The second kappa shape index (κ2) is 8.15. The maximum absolute atomic E-state index is 13.4. The molecule has 1 atom stereocenters. The normalized spacial score (nSPS) is 17.7. The molecule has 1 aliphatic heterocycles. The van der Waals surface area contributed by atoms with Crippen LogP contribution in [0, 0.1) is 0 Å². The Morgan fingerprint density at radius 3 is 2.40 bits per heavy atom. The number of aromatic carboxylic acids is 1. The van der Waals surface area contributed by atoms with Crippen molar-refractivity contribution in [2.24, 2.45) is 0 Å². The molecule has 0 aliphatic carbocycles. The number of sulfonamides is 1. The lowest BCUT2D eigenvalue weighted by Crippen LogP contribution is -2.23. The van der Waals surface area contributed by atoms with E-state index in [0.29, 0.717) is 19.5 Å². The lowest BCUT2D eigenvalue weighted by molar-refractivity contribution is -0.139. The Morgan fingerprint density at radius 2 is 1.87 bits per heavy atom. The minimum atomic E-state index is -4.66. The average molecular weight is 444 g/mol. The second-order valence-electron chi connectivity index (χ2n) is 6.93. The molecule has 2 aromatic carbocycles. The fourth-order valence-corrected chi connectivity index (χ4v) is 4.13. The summed E-state index contributed by atoms with van der Waals surface area (Å²) in [6.07, 6.45) is -4.55. The molecular formula is C19H19F3N2O5S.